The van der Waals surface area contributed by atoms with E-state index in [4.69, 9.17) is 0 Å². The van der Waals surface area contributed by atoms with Crippen molar-refractivity contribution in [1.29, 1.82) is 0 Å². The van der Waals surface area contributed by atoms with Gasteiger partial charge in [0.25, 0.3) is 0 Å². The summed E-state index contributed by atoms with van der Waals surface area (Å²) < 4.78 is 0. The number of nitrogens with one attached hydrogen (secondary N) is 3. The molecule has 146 valence electrons. The lowest BCUT2D eigenvalue weighted by molar-refractivity contribution is -0.138. The smallest absolute Gasteiger partial charge is 0.239 e. The second kappa shape index (κ2) is 7.89. The average molecular weight is 377 g/mol. The van der Waals surface area contributed by atoms with Crippen LogP contribution in [0, 0.1) is 19.3 Å². The van der Waals surface area contributed by atoms with Crippen LogP contribution in [0.25, 0.3) is 10.9 Å². The zero-order valence-electron chi connectivity index (χ0n) is 16.8. The number of carbonyl (C=O) groups is 2. The minimum atomic E-state index is -1.17. The van der Waals surface area contributed by atoms with Crippen LogP contribution in [0.5, 0.6) is 0 Å². The van der Waals surface area contributed by atoms with Crippen molar-refractivity contribution in [2.24, 2.45) is 5.41 Å². The van der Waals surface area contributed by atoms with Crippen LogP contribution in [0.15, 0.2) is 48.7 Å². The zero-order chi connectivity index (χ0) is 20.3. The number of benzene rings is 2. The van der Waals surface area contributed by atoms with E-state index in [0.717, 1.165) is 33.3 Å². The molecule has 0 saturated carbocycles. The Morgan fingerprint density at radius 1 is 1.00 bits per heavy atom. The molecule has 3 rings (SSSR count). The third-order valence-electron chi connectivity index (χ3n) is 5.34. The van der Waals surface area contributed by atoms with Crippen molar-refractivity contribution < 1.29 is 9.59 Å². The Morgan fingerprint density at radius 2 is 1.75 bits per heavy atom. The van der Waals surface area contributed by atoms with Gasteiger partial charge in [0, 0.05) is 29.3 Å². The first-order valence-electron chi connectivity index (χ1n) is 9.51. The Hall–Kier alpha value is -3.08. The van der Waals surface area contributed by atoms with Crippen molar-refractivity contribution in [3.63, 3.8) is 0 Å². The van der Waals surface area contributed by atoms with E-state index in [1.54, 1.807) is 13.8 Å². The van der Waals surface area contributed by atoms with Crippen molar-refractivity contribution in [2.45, 2.75) is 34.1 Å². The molecule has 3 N–H and O–H groups in total. The summed E-state index contributed by atoms with van der Waals surface area (Å²) in [5, 5.41) is 6.96. The lowest BCUT2D eigenvalue weighted by atomic mass is 9.90. The highest BCUT2D eigenvalue weighted by atomic mass is 16.2. The summed E-state index contributed by atoms with van der Waals surface area (Å²) in [5.74, 6) is -0.596. The molecular formula is C23H27N3O2. The van der Waals surface area contributed by atoms with Gasteiger partial charge < -0.3 is 15.6 Å². The Labute approximate surface area is 165 Å². The van der Waals surface area contributed by atoms with E-state index in [2.05, 4.69) is 21.7 Å². The molecule has 2 aromatic carbocycles. The lowest BCUT2D eigenvalue weighted by Crippen LogP contribution is -2.45. The summed E-state index contributed by atoms with van der Waals surface area (Å²) in [5.41, 5.74) is 3.90. The molecule has 1 aromatic heterocycles. The van der Waals surface area contributed by atoms with E-state index in [1.807, 2.05) is 56.4 Å². The molecule has 5 nitrogen and oxygen atoms in total. The minimum Gasteiger partial charge on any atom is -0.361 e. The molecule has 0 aliphatic rings. The summed E-state index contributed by atoms with van der Waals surface area (Å²) >= 11 is 0. The first-order chi connectivity index (χ1) is 13.3. The predicted octanol–water partition coefficient (Wildman–Crippen LogP) is 4.11. The van der Waals surface area contributed by atoms with Crippen LogP contribution < -0.4 is 10.6 Å². The summed E-state index contributed by atoms with van der Waals surface area (Å²) in [6, 6.07) is 13.8. The zero-order valence-corrected chi connectivity index (χ0v) is 16.8. The largest absolute Gasteiger partial charge is 0.361 e. The van der Waals surface area contributed by atoms with Crippen LogP contribution in [0.1, 0.15) is 30.5 Å². The summed E-state index contributed by atoms with van der Waals surface area (Å²) in [4.78, 5) is 28.6. The molecule has 0 spiro atoms. The Bertz CT molecular complexity index is 1020. The number of carbonyl (C=O) groups excluding carboxylic acids is 2. The molecule has 1 heterocycles. The number of aryl methyl sites for hydroxylation is 1. The molecule has 0 radical (unpaired) electrons. The van der Waals surface area contributed by atoms with Gasteiger partial charge in [0.1, 0.15) is 5.41 Å². The summed E-state index contributed by atoms with van der Waals surface area (Å²) in [7, 11) is 0. The number of hydrogen-bond donors (Lipinski definition) is 3. The van der Waals surface area contributed by atoms with Crippen LogP contribution >= 0.6 is 0 Å². The van der Waals surface area contributed by atoms with E-state index >= 15 is 0 Å². The minimum absolute atomic E-state index is 0.282. The van der Waals surface area contributed by atoms with Crippen molar-refractivity contribution in [3.8, 4) is 0 Å². The Morgan fingerprint density at radius 3 is 2.54 bits per heavy atom. The topological polar surface area (TPSA) is 74.0 Å². The van der Waals surface area contributed by atoms with Crippen molar-refractivity contribution in [3.05, 3.63) is 65.4 Å². The highest BCUT2D eigenvalue weighted by molar-refractivity contribution is 6.10. The van der Waals surface area contributed by atoms with Crippen molar-refractivity contribution in [2.75, 3.05) is 11.9 Å². The van der Waals surface area contributed by atoms with Crippen molar-refractivity contribution in [1.82, 2.24) is 10.3 Å². The molecule has 0 aliphatic carbocycles. The summed E-state index contributed by atoms with van der Waals surface area (Å²) in [6.45, 7) is 7.72. The third kappa shape index (κ3) is 3.93. The number of amides is 2. The monoisotopic (exact) mass is 377 g/mol. The molecule has 0 atom stereocenters. The maximum absolute atomic E-state index is 12.7. The van der Waals surface area contributed by atoms with Crippen LogP contribution in [0.2, 0.25) is 0 Å². The van der Waals surface area contributed by atoms with Gasteiger partial charge in [0.05, 0.1) is 0 Å². The van der Waals surface area contributed by atoms with Gasteiger partial charge in [-0.05, 0) is 62.9 Å². The van der Waals surface area contributed by atoms with Crippen LogP contribution in [-0.2, 0) is 16.0 Å². The fourth-order valence-corrected chi connectivity index (χ4v) is 3.14. The molecule has 0 fully saturated rings. The van der Waals surface area contributed by atoms with Crippen LogP contribution in [0.4, 0.5) is 5.69 Å². The highest BCUT2D eigenvalue weighted by Gasteiger charge is 2.36. The first-order valence-corrected chi connectivity index (χ1v) is 9.51. The number of aromatic nitrogens is 1. The number of aromatic amines is 1. The van der Waals surface area contributed by atoms with Gasteiger partial charge in [-0.3, -0.25) is 9.59 Å². The SMILES string of the molecule is Cc1cccc(NC(=O)C(C)(C)C(=O)NCCc2c[nH]c3ccccc23)c1C. The molecule has 5 heteroatoms. The molecule has 0 aliphatic heterocycles. The van der Waals surface area contributed by atoms with E-state index in [9.17, 15) is 9.59 Å². The maximum atomic E-state index is 12.7. The maximum Gasteiger partial charge on any atom is 0.239 e. The normalized spacial score (nSPS) is 11.4. The number of fused-ring (bicyclic) bond motifs is 1. The average Bonchev–Trinajstić information content (AvgIpc) is 3.08. The second-order valence-corrected chi connectivity index (χ2v) is 7.69. The number of para-hydroxylation sites is 1. The van der Waals surface area contributed by atoms with Gasteiger partial charge in [-0.2, -0.15) is 0 Å². The fraction of sp³-hybridized carbons (Fsp3) is 0.304. The number of H-pyrrole nitrogens is 1. The van der Waals surface area contributed by atoms with Crippen LogP contribution in [-0.4, -0.2) is 23.3 Å². The van der Waals surface area contributed by atoms with Gasteiger partial charge in [-0.15, -0.1) is 0 Å². The molecule has 0 unspecified atom stereocenters. The molecule has 0 bridgehead atoms. The van der Waals surface area contributed by atoms with Gasteiger partial charge in [-0.25, -0.2) is 0 Å². The first kappa shape index (κ1) is 19.7. The van der Waals surface area contributed by atoms with Gasteiger partial charge in [-0.1, -0.05) is 30.3 Å². The number of hydrogen-bond acceptors (Lipinski definition) is 2. The van der Waals surface area contributed by atoms with E-state index < -0.39 is 5.41 Å². The lowest BCUT2D eigenvalue weighted by Gasteiger charge is -2.23. The number of rotatable bonds is 6. The molecule has 28 heavy (non-hydrogen) atoms. The van der Waals surface area contributed by atoms with Crippen molar-refractivity contribution >= 4 is 28.4 Å². The van der Waals surface area contributed by atoms with Gasteiger partial charge in [0.15, 0.2) is 0 Å². The Balaban J connectivity index is 1.60. The predicted molar refractivity (Wildman–Crippen MR) is 113 cm³/mol. The van der Waals surface area contributed by atoms with Gasteiger partial charge >= 0.3 is 0 Å². The molecule has 0 saturated heterocycles. The molecule has 3 aromatic rings. The fourth-order valence-electron chi connectivity index (χ4n) is 3.14. The van der Waals surface area contributed by atoms with E-state index in [1.165, 1.54) is 0 Å². The summed E-state index contributed by atoms with van der Waals surface area (Å²) in [6.07, 6.45) is 2.67. The standard InChI is InChI=1S/C23H27N3O2/c1-15-8-7-11-19(16(15)2)26-22(28)23(3,4)21(27)24-13-12-17-14-25-20-10-6-5-9-18(17)20/h5-11,14,25H,12-13H2,1-4H3,(H,24,27)(H,26,28). The van der Waals surface area contributed by atoms with Crippen LogP contribution in [0.3, 0.4) is 0 Å². The highest BCUT2D eigenvalue weighted by Crippen LogP contribution is 2.23. The van der Waals surface area contributed by atoms with E-state index in [-0.39, 0.29) is 11.8 Å². The van der Waals surface area contributed by atoms with Gasteiger partial charge in [0.2, 0.25) is 11.8 Å². The third-order valence-corrected chi connectivity index (χ3v) is 5.34. The van der Waals surface area contributed by atoms with E-state index in [0.29, 0.717) is 13.0 Å². The molecular weight excluding hydrogens is 350 g/mol. The number of anilines is 1. The quantitative estimate of drug-likeness (QED) is 0.566. The molecule has 2 amide bonds. The Kier molecular flexibility index (Phi) is 5.54. The second-order valence-electron chi connectivity index (χ2n) is 7.69.